The van der Waals surface area contributed by atoms with Gasteiger partial charge < -0.3 is 10.2 Å². The van der Waals surface area contributed by atoms with Gasteiger partial charge in [-0.25, -0.2) is 0 Å². The van der Waals surface area contributed by atoms with E-state index in [9.17, 15) is 4.79 Å². The first-order valence-electron chi connectivity index (χ1n) is 6.32. The number of halogens is 1. The van der Waals surface area contributed by atoms with Crippen LogP contribution in [-0.4, -0.2) is 37.5 Å². The summed E-state index contributed by atoms with van der Waals surface area (Å²) in [6, 6.07) is 5.88. The van der Waals surface area contributed by atoms with E-state index in [-0.39, 0.29) is 5.91 Å². The molecule has 1 aliphatic heterocycles. The van der Waals surface area contributed by atoms with Gasteiger partial charge in [-0.2, -0.15) is 0 Å². The molecular weight excluding hydrogens is 292 g/mol. The molecular formula is C14H19BrN2O. The lowest BCUT2D eigenvalue weighted by molar-refractivity contribution is 0.0786. The quantitative estimate of drug-likeness (QED) is 0.930. The highest BCUT2D eigenvalue weighted by Crippen LogP contribution is 2.22. The molecule has 0 saturated carbocycles. The van der Waals surface area contributed by atoms with Crippen LogP contribution in [0.15, 0.2) is 22.7 Å². The molecule has 3 nitrogen and oxygen atoms in total. The van der Waals surface area contributed by atoms with E-state index in [0.717, 1.165) is 41.7 Å². The second kappa shape index (κ2) is 5.85. The van der Waals surface area contributed by atoms with E-state index in [1.807, 2.05) is 37.1 Å². The molecule has 2 rings (SSSR count). The Morgan fingerprint density at radius 1 is 1.56 bits per heavy atom. The van der Waals surface area contributed by atoms with Crippen molar-refractivity contribution in [1.82, 2.24) is 10.2 Å². The molecule has 4 heteroatoms. The van der Waals surface area contributed by atoms with Crippen LogP contribution in [0.25, 0.3) is 0 Å². The number of nitrogens with zero attached hydrogens (tertiary/aromatic N) is 1. The van der Waals surface area contributed by atoms with Gasteiger partial charge in [0, 0.05) is 23.1 Å². The van der Waals surface area contributed by atoms with Crippen LogP contribution in [0.3, 0.4) is 0 Å². The Kier molecular flexibility index (Phi) is 4.40. The van der Waals surface area contributed by atoms with Crippen LogP contribution in [0.4, 0.5) is 0 Å². The van der Waals surface area contributed by atoms with Gasteiger partial charge in [-0.15, -0.1) is 0 Å². The van der Waals surface area contributed by atoms with Crippen LogP contribution in [0.1, 0.15) is 22.3 Å². The maximum atomic E-state index is 12.5. The number of hydrogen-bond donors (Lipinski definition) is 1. The second-order valence-electron chi connectivity index (χ2n) is 4.92. The number of benzene rings is 1. The highest BCUT2D eigenvalue weighted by atomic mass is 79.9. The summed E-state index contributed by atoms with van der Waals surface area (Å²) in [5, 5.41) is 3.18. The zero-order chi connectivity index (χ0) is 13.1. The summed E-state index contributed by atoms with van der Waals surface area (Å²) in [6.07, 6.45) is 1.10. The average Bonchev–Trinajstić information content (AvgIpc) is 2.80. The Balaban J connectivity index is 2.10. The highest BCUT2D eigenvalue weighted by Gasteiger charge is 2.27. The fourth-order valence-corrected chi connectivity index (χ4v) is 2.83. The van der Waals surface area contributed by atoms with E-state index in [2.05, 4.69) is 21.2 Å². The minimum absolute atomic E-state index is 0.160. The van der Waals surface area contributed by atoms with Gasteiger partial charge >= 0.3 is 0 Å². The number of likely N-dealkylation sites (tertiary alicyclic amines) is 1. The summed E-state index contributed by atoms with van der Waals surface area (Å²) < 4.78 is 0.961. The molecule has 0 bridgehead atoms. The molecule has 1 amide bonds. The van der Waals surface area contributed by atoms with Crippen molar-refractivity contribution in [3.63, 3.8) is 0 Å². The third-order valence-electron chi connectivity index (χ3n) is 3.50. The summed E-state index contributed by atoms with van der Waals surface area (Å²) in [7, 11) is 1.96. The third-order valence-corrected chi connectivity index (χ3v) is 3.99. The summed E-state index contributed by atoms with van der Waals surface area (Å²) in [4.78, 5) is 14.4. The monoisotopic (exact) mass is 310 g/mol. The van der Waals surface area contributed by atoms with Gasteiger partial charge in [-0.1, -0.05) is 22.0 Å². The Morgan fingerprint density at radius 3 is 3.06 bits per heavy atom. The van der Waals surface area contributed by atoms with Crippen molar-refractivity contribution in [2.45, 2.75) is 13.3 Å². The maximum absolute atomic E-state index is 12.5. The molecule has 1 saturated heterocycles. The summed E-state index contributed by atoms with van der Waals surface area (Å²) in [5.74, 6) is 0.749. The minimum atomic E-state index is 0.160. The smallest absolute Gasteiger partial charge is 0.254 e. The van der Waals surface area contributed by atoms with Crippen molar-refractivity contribution in [3.05, 3.63) is 33.8 Å². The standard InChI is InChI=1S/C14H19BrN2O/c1-10-3-4-12(15)7-13(10)14(18)17-6-5-11(9-17)8-16-2/h3-4,7,11,16H,5-6,8-9H2,1-2H3. The Bertz CT molecular complexity index is 447. The summed E-state index contributed by atoms with van der Waals surface area (Å²) >= 11 is 3.43. The van der Waals surface area contributed by atoms with Gasteiger partial charge in [-0.05, 0) is 50.6 Å². The number of carbonyl (C=O) groups is 1. The molecule has 1 unspecified atom stereocenters. The minimum Gasteiger partial charge on any atom is -0.338 e. The van der Waals surface area contributed by atoms with Crippen LogP contribution >= 0.6 is 15.9 Å². The Labute approximate surface area is 117 Å². The number of carbonyl (C=O) groups excluding carboxylic acids is 1. The van der Waals surface area contributed by atoms with E-state index in [4.69, 9.17) is 0 Å². The Morgan fingerprint density at radius 2 is 2.33 bits per heavy atom. The van der Waals surface area contributed by atoms with E-state index in [0.29, 0.717) is 5.92 Å². The molecule has 18 heavy (non-hydrogen) atoms. The molecule has 1 heterocycles. The van der Waals surface area contributed by atoms with Gasteiger partial charge in [0.2, 0.25) is 0 Å². The number of hydrogen-bond acceptors (Lipinski definition) is 2. The van der Waals surface area contributed by atoms with Gasteiger partial charge in [0.1, 0.15) is 0 Å². The third kappa shape index (κ3) is 2.93. The lowest BCUT2D eigenvalue weighted by Gasteiger charge is -2.18. The molecule has 98 valence electrons. The molecule has 0 aromatic heterocycles. The summed E-state index contributed by atoms with van der Waals surface area (Å²) in [6.45, 7) is 4.71. The normalized spacial score (nSPS) is 19.3. The first-order chi connectivity index (χ1) is 8.61. The zero-order valence-electron chi connectivity index (χ0n) is 10.9. The van der Waals surface area contributed by atoms with Gasteiger partial charge in [-0.3, -0.25) is 4.79 Å². The van der Waals surface area contributed by atoms with E-state index in [1.54, 1.807) is 0 Å². The first-order valence-corrected chi connectivity index (χ1v) is 7.11. The van der Waals surface area contributed by atoms with Crippen molar-refractivity contribution < 1.29 is 4.79 Å². The molecule has 0 spiro atoms. The predicted molar refractivity (Wildman–Crippen MR) is 76.8 cm³/mol. The highest BCUT2D eigenvalue weighted by molar-refractivity contribution is 9.10. The zero-order valence-corrected chi connectivity index (χ0v) is 12.5. The second-order valence-corrected chi connectivity index (χ2v) is 5.84. The van der Waals surface area contributed by atoms with Crippen LogP contribution in [-0.2, 0) is 0 Å². The van der Waals surface area contributed by atoms with Crippen LogP contribution in [0.5, 0.6) is 0 Å². The lowest BCUT2D eigenvalue weighted by Crippen LogP contribution is -2.30. The number of aryl methyl sites for hydroxylation is 1. The molecule has 0 aliphatic carbocycles. The number of amides is 1. The van der Waals surface area contributed by atoms with Crippen LogP contribution in [0.2, 0.25) is 0 Å². The van der Waals surface area contributed by atoms with E-state index in [1.165, 1.54) is 0 Å². The maximum Gasteiger partial charge on any atom is 0.254 e. The van der Waals surface area contributed by atoms with Crippen LogP contribution in [0, 0.1) is 12.8 Å². The number of nitrogens with one attached hydrogen (secondary N) is 1. The molecule has 1 aromatic rings. The average molecular weight is 311 g/mol. The van der Waals surface area contributed by atoms with E-state index >= 15 is 0 Å². The van der Waals surface area contributed by atoms with Gasteiger partial charge in [0.25, 0.3) is 5.91 Å². The molecule has 1 fully saturated rings. The van der Waals surface area contributed by atoms with Crippen LogP contribution < -0.4 is 5.32 Å². The summed E-state index contributed by atoms with van der Waals surface area (Å²) in [5.41, 5.74) is 1.86. The fourth-order valence-electron chi connectivity index (χ4n) is 2.47. The molecule has 1 aromatic carbocycles. The Hall–Kier alpha value is -0.870. The fraction of sp³-hybridized carbons (Fsp3) is 0.500. The lowest BCUT2D eigenvalue weighted by atomic mass is 10.1. The number of rotatable bonds is 3. The molecule has 0 radical (unpaired) electrons. The first kappa shape index (κ1) is 13.6. The molecule has 1 atom stereocenters. The topological polar surface area (TPSA) is 32.3 Å². The molecule has 1 aliphatic rings. The van der Waals surface area contributed by atoms with Gasteiger partial charge in [0.15, 0.2) is 0 Å². The van der Waals surface area contributed by atoms with Crippen molar-refractivity contribution in [3.8, 4) is 0 Å². The largest absolute Gasteiger partial charge is 0.338 e. The van der Waals surface area contributed by atoms with Gasteiger partial charge in [0.05, 0.1) is 0 Å². The van der Waals surface area contributed by atoms with Crippen molar-refractivity contribution >= 4 is 21.8 Å². The SMILES string of the molecule is CNCC1CCN(C(=O)c2cc(Br)ccc2C)C1. The van der Waals surface area contributed by atoms with Crippen molar-refractivity contribution in [1.29, 1.82) is 0 Å². The van der Waals surface area contributed by atoms with Crippen molar-refractivity contribution in [2.75, 3.05) is 26.7 Å². The van der Waals surface area contributed by atoms with E-state index < -0.39 is 0 Å². The van der Waals surface area contributed by atoms with Crippen molar-refractivity contribution in [2.24, 2.45) is 5.92 Å². The molecule has 1 N–H and O–H groups in total. The predicted octanol–water partition coefficient (Wildman–Crippen LogP) is 2.44.